The van der Waals surface area contributed by atoms with Crippen molar-refractivity contribution in [2.75, 3.05) is 5.88 Å². The minimum Gasteiger partial charge on any atom is -0.349 e. The van der Waals surface area contributed by atoms with Gasteiger partial charge >= 0.3 is 0 Å². The fourth-order valence-electron chi connectivity index (χ4n) is 2.78. The first-order valence-electron chi connectivity index (χ1n) is 7.25. The van der Waals surface area contributed by atoms with Crippen LogP contribution in [0.5, 0.6) is 0 Å². The van der Waals surface area contributed by atoms with Crippen LogP contribution in [0.3, 0.4) is 0 Å². The number of benzene rings is 1. The maximum absolute atomic E-state index is 12.3. The van der Waals surface area contributed by atoms with Crippen LogP contribution in [0.25, 0.3) is 0 Å². The summed E-state index contributed by atoms with van der Waals surface area (Å²) in [6, 6.07) is 5.27. The van der Waals surface area contributed by atoms with Gasteiger partial charge in [-0.25, -0.2) is 0 Å². The highest BCUT2D eigenvalue weighted by Crippen LogP contribution is 2.33. The zero-order valence-electron chi connectivity index (χ0n) is 12.1. The second-order valence-electron chi connectivity index (χ2n) is 6.07. The van der Waals surface area contributed by atoms with Crippen molar-refractivity contribution in [1.29, 1.82) is 0 Å². The van der Waals surface area contributed by atoms with E-state index in [2.05, 4.69) is 12.2 Å². The van der Waals surface area contributed by atoms with E-state index in [-0.39, 0.29) is 11.4 Å². The van der Waals surface area contributed by atoms with E-state index in [1.54, 1.807) is 12.1 Å². The lowest BCUT2D eigenvalue weighted by Gasteiger charge is -2.38. The lowest BCUT2D eigenvalue weighted by Crippen LogP contribution is -2.52. The quantitative estimate of drug-likeness (QED) is 0.775. The molecule has 1 aromatic rings. The van der Waals surface area contributed by atoms with Crippen molar-refractivity contribution >= 4 is 40.7 Å². The van der Waals surface area contributed by atoms with Gasteiger partial charge in [0.1, 0.15) is 0 Å². The van der Waals surface area contributed by atoms with Crippen molar-refractivity contribution < 1.29 is 4.79 Å². The Kier molecular flexibility index (Phi) is 5.81. The van der Waals surface area contributed by atoms with Gasteiger partial charge in [-0.15, -0.1) is 11.6 Å². The summed E-state index contributed by atoms with van der Waals surface area (Å²) in [7, 11) is 0. The number of alkyl halides is 1. The summed E-state index contributed by atoms with van der Waals surface area (Å²) in [5.41, 5.74) is 0.609. The molecule has 2 rings (SSSR count). The molecule has 0 spiro atoms. The summed E-state index contributed by atoms with van der Waals surface area (Å²) in [6.07, 6.45) is 4.42. The van der Waals surface area contributed by atoms with Crippen LogP contribution < -0.4 is 5.32 Å². The van der Waals surface area contributed by atoms with Gasteiger partial charge in [-0.2, -0.15) is 0 Å². The molecule has 0 heterocycles. The molecular formula is C16H20Cl3NO. The Balaban J connectivity index is 1.98. The molecule has 0 unspecified atom stereocenters. The summed E-state index contributed by atoms with van der Waals surface area (Å²) in [4.78, 5) is 12.3. The molecule has 1 aliphatic rings. The Labute approximate surface area is 141 Å². The predicted octanol–water partition coefficient (Wildman–Crippen LogP) is 4.84. The topological polar surface area (TPSA) is 29.1 Å². The number of halogens is 3. The van der Waals surface area contributed by atoms with Gasteiger partial charge in [-0.3, -0.25) is 4.79 Å². The van der Waals surface area contributed by atoms with Crippen LogP contribution in [0.15, 0.2) is 18.2 Å². The first kappa shape index (κ1) is 16.9. The first-order valence-corrected chi connectivity index (χ1v) is 8.54. The van der Waals surface area contributed by atoms with E-state index in [0.29, 0.717) is 28.3 Å². The van der Waals surface area contributed by atoms with Crippen molar-refractivity contribution in [2.45, 2.75) is 44.6 Å². The average Bonchev–Trinajstić information content (AvgIpc) is 2.46. The third-order valence-electron chi connectivity index (χ3n) is 4.24. The molecule has 21 heavy (non-hydrogen) atoms. The zero-order chi connectivity index (χ0) is 15.5. The van der Waals surface area contributed by atoms with Gasteiger partial charge < -0.3 is 5.32 Å². The number of amides is 1. The maximum Gasteiger partial charge on any atom is 0.224 e. The van der Waals surface area contributed by atoms with Crippen molar-refractivity contribution in [3.8, 4) is 0 Å². The molecule has 1 amide bonds. The fraction of sp³-hybridized carbons (Fsp3) is 0.562. The van der Waals surface area contributed by atoms with Crippen LogP contribution in [-0.2, 0) is 11.2 Å². The van der Waals surface area contributed by atoms with E-state index >= 15 is 0 Å². The molecule has 0 aromatic heterocycles. The van der Waals surface area contributed by atoms with Crippen LogP contribution >= 0.6 is 34.8 Å². The van der Waals surface area contributed by atoms with Crippen molar-refractivity contribution in [2.24, 2.45) is 5.92 Å². The van der Waals surface area contributed by atoms with Gasteiger partial charge in [0.05, 0.1) is 22.0 Å². The summed E-state index contributed by atoms with van der Waals surface area (Å²) in [5, 5.41) is 4.11. The normalized spacial score (nSPS) is 25.6. The minimum atomic E-state index is -0.249. The van der Waals surface area contributed by atoms with Crippen molar-refractivity contribution in [1.82, 2.24) is 5.32 Å². The van der Waals surface area contributed by atoms with Crippen LogP contribution in [-0.4, -0.2) is 17.3 Å². The lowest BCUT2D eigenvalue weighted by molar-refractivity contribution is -0.122. The molecule has 116 valence electrons. The number of nitrogens with one attached hydrogen (secondary N) is 1. The number of rotatable bonds is 4. The van der Waals surface area contributed by atoms with E-state index in [0.717, 1.165) is 31.2 Å². The van der Waals surface area contributed by atoms with E-state index in [1.807, 2.05) is 6.07 Å². The van der Waals surface area contributed by atoms with Gasteiger partial charge in [-0.1, -0.05) is 36.2 Å². The highest BCUT2D eigenvalue weighted by molar-refractivity contribution is 6.42. The molecule has 1 fully saturated rings. The van der Waals surface area contributed by atoms with Gasteiger partial charge in [-0.05, 0) is 49.3 Å². The molecule has 0 saturated heterocycles. The molecule has 0 aliphatic heterocycles. The Morgan fingerprint density at radius 1 is 1.29 bits per heavy atom. The van der Waals surface area contributed by atoms with E-state index in [1.165, 1.54) is 0 Å². The average molecular weight is 349 g/mol. The maximum atomic E-state index is 12.3. The smallest absolute Gasteiger partial charge is 0.224 e. The van der Waals surface area contributed by atoms with Crippen LogP contribution in [0.4, 0.5) is 0 Å². The highest BCUT2D eigenvalue weighted by Gasteiger charge is 2.34. The molecule has 0 atom stereocenters. The number of carbonyl (C=O) groups excluding carboxylic acids is 1. The number of hydrogen-bond acceptors (Lipinski definition) is 1. The zero-order valence-corrected chi connectivity index (χ0v) is 14.4. The summed E-state index contributed by atoms with van der Waals surface area (Å²) in [6.45, 7) is 2.25. The Morgan fingerprint density at radius 2 is 1.95 bits per heavy atom. The molecule has 2 nitrogen and oxygen atoms in total. The molecule has 1 saturated carbocycles. The van der Waals surface area contributed by atoms with Crippen LogP contribution in [0.2, 0.25) is 10.0 Å². The molecule has 0 radical (unpaired) electrons. The second kappa shape index (κ2) is 7.21. The predicted molar refractivity (Wildman–Crippen MR) is 89.4 cm³/mol. The highest BCUT2D eigenvalue weighted by atomic mass is 35.5. The third kappa shape index (κ3) is 4.51. The monoisotopic (exact) mass is 347 g/mol. The minimum absolute atomic E-state index is 0.0106. The van der Waals surface area contributed by atoms with Gasteiger partial charge in [0.2, 0.25) is 5.91 Å². The second-order valence-corrected chi connectivity index (χ2v) is 7.15. The molecule has 1 aromatic carbocycles. The number of hydrogen-bond donors (Lipinski definition) is 1. The Morgan fingerprint density at radius 3 is 2.52 bits per heavy atom. The number of carbonyl (C=O) groups is 1. The van der Waals surface area contributed by atoms with E-state index < -0.39 is 0 Å². The van der Waals surface area contributed by atoms with E-state index in [9.17, 15) is 4.79 Å². The molecule has 5 heteroatoms. The first-order chi connectivity index (χ1) is 9.94. The molecule has 1 aliphatic carbocycles. The van der Waals surface area contributed by atoms with Crippen molar-refractivity contribution in [3.05, 3.63) is 33.8 Å². The van der Waals surface area contributed by atoms with Crippen LogP contribution in [0.1, 0.15) is 38.2 Å². The summed E-state index contributed by atoms with van der Waals surface area (Å²) in [5.74, 6) is 1.17. The fourth-order valence-corrected chi connectivity index (χ4v) is 3.44. The van der Waals surface area contributed by atoms with Crippen molar-refractivity contribution in [3.63, 3.8) is 0 Å². The van der Waals surface area contributed by atoms with E-state index in [4.69, 9.17) is 34.8 Å². The third-order valence-corrected chi connectivity index (χ3v) is 5.49. The standard InChI is InChI=1S/C16H20Cl3NO/c1-11-4-6-16(10-17,7-5-11)20-15(21)9-12-2-3-13(18)14(19)8-12/h2-3,8,11H,4-7,9-10H2,1H3,(H,20,21). The Bertz CT molecular complexity index is 510. The SMILES string of the molecule is CC1CCC(CCl)(NC(=O)Cc2ccc(Cl)c(Cl)c2)CC1. The molecule has 1 N–H and O–H groups in total. The summed E-state index contributed by atoms with van der Waals surface area (Å²) >= 11 is 18.0. The van der Waals surface area contributed by atoms with Gasteiger partial charge in [0.25, 0.3) is 0 Å². The largest absolute Gasteiger partial charge is 0.349 e. The molecular weight excluding hydrogens is 329 g/mol. The lowest BCUT2D eigenvalue weighted by atomic mass is 9.78. The van der Waals surface area contributed by atoms with Gasteiger partial charge in [0.15, 0.2) is 0 Å². The Hall–Kier alpha value is -0.440. The van der Waals surface area contributed by atoms with Crippen LogP contribution in [0, 0.1) is 5.92 Å². The molecule has 0 bridgehead atoms. The van der Waals surface area contributed by atoms with Gasteiger partial charge in [0, 0.05) is 5.88 Å². The summed E-state index contributed by atoms with van der Waals surface area (Å²) < 4.78 is 0.